The molecule has 1 N–H and O–H groups in total. The molecule has 1 rings (SSSR count). The Morgan fingerprint density at radius 2 is 1.70 bits per heavy atom. The van der Waals surface area contributed by atoms with Crippen molar-refractivity contribution in [2.24, 2.45) is 0 Å². The third kappa shape index (κ3) is 5.82. The van der Waals surface area contributed by atoms with Crippen molar-refractivity contribution >= 4 is 34.6 Å². The lowest BCUT2D eigenvalue weighted by Gasteiger charge is -2.32. The van der Waals surface area contributed by atoms with Gasteiger partial charge in [0.1, 0.15) is 4.75 Å². The molecule has 1 atom stereocenters. The van der Waals surface area contributed by atoms with Gasteiger partial charge in [-0.3, -0.25) is 0 Å². The molecular formula is C15H23Cl2NOS. The molecular weight excluding hydrogens is 313 g/mol. The van der Waals surface area contributed by atoms with Crippen LogP contribution in [-0.2, 0) is 17.8 Å². The number of hydrogen-bond donors (Lipinski definition) is 1. The van der Waals surface area contributed by atoms with E-state index >= 15 is 0 Å². The van der Waals surface area contributed by atoms with E-state index in [0.29, 0.717) is 10.0 Å². The molecule has 0 aliphatic carbocycles. The van der Waals surface area contributed by atoms with Gasteiger partial charge in [-0.05, 0) is 65.2 Å². The fourth-order valence-electron chi connectivity index (χ4n) is 1.61. The molecule has 1 aromatic carbocycles. The van der Waals surface area contributed by atoms with Crippen LogP contribution in [0.5, 0.6) is 0 Å². The van der Waals surface area contributed by atoms with E-state index < -0.39 is 11.4 Å². The number of nitrogens with one attached hydrogen (secondary N) is 1. The zero-order valence-electron chi connectivity index (χ0n) is 12.7. The zero-order chi connectivity index (χ0) is 15.6. The van der Waals surface area contributed by atoms with Crippen LogP contribution in [0, 0.1) is 0 Å². The van der Waals surface area contributed by atoms with Crippen LogP contribution < -0.4 is 4.72 Å². The first kappa shape index (κ1) is 18.1. The molecule has 114 valence electrons. The minimum absolute atomic E-state index is 0.204. The number of halogens is 2. The topological polar surface area (TPSA) is 35.1 Å². The van der Waals surface area contributed by atoms with Crippen molar-refractivity contribution in [2.75, 3.05) is 0 Å². The number of hydrogen-bond acceptors (Lipinski definition) is 2. The van der Waals surface area contributed by atoms with Crippen molar-refractivity contribution in [1.82, 2.24) is 4.72 Å². The van der Waals surface area contributed by atoms with Crippen molar-refractivity contribution in [1.29, 1.82) is 0 Å². The molecule has 0 aromatic heterocycles. The Balaban J connectivity index is 2.60. The fraction of sp³-hybridized carbons (Fsp3) is 0.600. The maximum Gasteiger partial charge on any atom is 0.136 e. The first-order chi connectivity index (χ1) is 9.01. The highest BCUT2D eigenvalue weighted by molar-refractivity contribution is 7.90. The van der Waals surface area contributed by atoms with Crippen LogP contribution in [0.3, 0.4) is 0 Å². The molecule has 20 heavy (non-hydrogen) atoms. The molecule has 0 spiro atoms. The molecule has 0 heterocycles. The molecule has 0 aliphatic rings. The second-order valence-electron chi connectivity index (χ2n) is 6.62. The van der Waals surface area contributed by atoms with Crippen LogP contribution in [0.25, 0.3) is 0 Å². The largest absolute Gasteiger partial charge is 0.598 e. The summed E-state index contributed by atoms with van der Waals surface area (Å²) in [4.78, 5) is 0. The van der Waals surface area contributed by atoms with Crippen molar-refractivity contribution in [3.63, 3.8) is 0 Å². The van der Waals surface area contributed by atoms with Crippen molar-refractivity contribution in [2.45, 2.75) is 57.7 Å². The highest BCUT2D eigenvalue weighted by atomic mass is 35.5. The predicted molar refractivity (Wildman–Crippen MR) is 89.9 cm³/mol. The van der Waals surface area contributed by atoms with E-state index in [1.54, 1.807) is 0 Å². The molecule has 1 aromatic rings. The summed E-state index contributed by atoms with van der Waals surface area (Å²) in [5.74, 6) is 0. The van der Waals surface area contributed by atoms with Gasteiger partial charge in [-0.25, -0.2) is 0 Å². The summed E-state index contributed by atoms with van der Waals surface area (Å²) in [6, 6.07) is 5.68. The summed E-state index contributed by atoms with van der Waals surface area (Å²) in [7, 11) is 0. The molecule has 0 radical (unpaired) electrons. The molecule has 2 nitrogen and oxygen atoms in total. The quantitative estimate of drug-likeness (QED) is 0.787. The second-order valence-corrected chi connectivity index (χ2v) is 9.40. The van der Waals surface area contributed by atoms with Gasteiger partial charge in [-0.2, -0.15) is 0 Å². The van der Waals surface area contributed by atoms with Crippen LogP contribution in [0.15, 0.2) is 18.2 Å². The van der Waals surface area contributed by atoms with E-state index in [1.165, 1.54) is 0 Å². The Kier molecular flexibility index (Phi) is 6.24. The second kappa shape index (κ2) is 6.89. The zero-order valence-corrected chi connectivity index (χ0v) is 15.0. The molecule has 0 aliphatic heterocycles. The summed E-state index contributed by atoms with van der Waals surface area (Å²) in [6.07, 6.45) is 1.73. The Labute approximate surface area is 135 Å². The Morgan fingerprint density at radius 3 is 2.20 bits per heavy atom. The van der Waals surface area contributed by atoms with E-state index in [9.17, 15) is 4.55 Å². The van der Waals surface area contributed by atoms with Gasteiger partial charge in [-0.1, -0.05) is 29.3 Å². The summed E-state index contributed by atoms with van der Waals surface area (Å²) in [6.45, 7) is 10.0. The Morgan fingerprint density at radius 1 is 1.10 bits per heavy atom. The van der Waals surface area contributed by atoms with Crippen molar-refractivity contribution in [3.8, 4) is 0 Å². The summed E-state index contributed by atoms with van der Waals surface area (Å²) < 4.78 is 15.1. The predicted octanol–water partition coefficient (Wildman–Crippen LogP) is 4.76. The van der Waals surface area contributed by atoms with E-state index in [0.717, 1.165) is 18.4 Å². The van der Waals surface area contributed by atoms with Gasteiger partial charge >= 0.3 is 0 Å². The average molecular weight is 336 g/mol. The lowest BCUT2D eigenvalue weighted by molar-refractivity contribution is 0.413. The standard InChI is InChI=1S/C15H23Cl2NOS/c1-14(2,3)20(19)18-15(4,5)9-8-11-6-7-12(16)13(17)10-11/h6-7,10,18H,8-9H2,1-5H3/t20-/m1/s1. The van der Waals surface area contributed by atoms with Gasteiger partial charge in [0.2, 0.25) is 0 Å². The van der Waals surface area contributed by atoms with Crippen molar-refractivity contribution in [3.05, 3.63) is 33.8 Å². The van der Waals surface area contributed by atoms with Gasteiger partial charge in [-0.15, -0.1) is 4.72 Å². The molecule has 0 bridgehead atoms. The summed E-state index contributed by atoms with van der Waals surface area (Å²) in [5, 5.41) is 1.15. The van der Waals surface area contributed by atoms with Crippen LogP contribution in [0.1, 0.15) is 46.6 Å². The van der Waals surface area contributed by atoms with E-state index in [1.807, 2.05) is 39.0 Å². The van der Waals surface area contributed by atoms with Crippen LogP contribution in [0.2, 0.25) is 10.0 Å². The number of rotatable bonds is 5. The highest BCUT2D eigenvalue weighted by Gasteiger charge is 2.32. The van der Waals surface area contributed by atoms with Gasteiger partial charge in [0.05, 0.1) is 15.6 Å². The first-order valence-corrected chi connectivity index (χ1v) is 8.55. The van der Waals surface area contributed by atoms with Gasteiger partial charge in [0, 0.05) is 11.4 Å². The van der Waals surface area contributed by atoms with E-state index in [2.05, 4.69) is 18.6 Å². The monoisotopic (exact) mass is 335 g/mol. The van der Waals surface area contributed by atoms with E-state index in [4.69, 9.17) is 23.2 Å². The summed E-state index contributed by atoms with van der Waals surface area (Å²) >= 11 is 10.8. The minimum Gasteiger partial charge on any atom is -0.598 e. The Hall–Kier alpha value is 0.0700. The number of benzene rings is 1. The SMILES string of the molecule is CC(C)(CCc1ccc(Cl)c(Cl)c1)N[S@+]([O-])C(C)(C)C. The smallest absolute Gasteiger partial charge is 0.136 e. The normalized spacial score (nSPS) is 14.4. The third-order valence-electron chi connectivity index (χ3n) is 2.95. The minimum atomic E-state index is -1.07. The van der Waals surface area contributed by atoms with Gasteiger partial charge in [0.15, 0.2) is 0 Å². The molecule has 0 unspecified atom stereocenters. The van der Waals surface area contributed by atoms with Crippen LogP contribution in [-0.4, -0.2) is 14.8 Å². The number of aryl methyl sites for hydroxylation is 1. The molecule has 5 heteroatoms. The molecule has 0 saturated carbocycles. The van der Waals surface area contributed by atoms with Crippen molar-refractivity contribution < 1.29 is 4.55 Å². The average Bonchev–Trinajstić information content (AvgIpc) is 2.29. The van der Waals surface area contributed by atoms with Crippen LogP contribution in [0.4, 0.5) is 0 Å². The fourth-order valence-corrected chi connectivity index (χ4v) is 2.84. The highest BCUT2D eigenvalue weighted by Crippen LogP contribution is 2.25. The maximum absolute atomic E-state index is 12.2. The summed E-state index contributed by atoms with van der Waals surface area (Å²) in [5.41, 5.74) is 0.931. The van der Waals surface area contributed by atoms with Gasteiger partial charge < -0.3 is 4.55 Å². The third-order valence-corrected chi connectivity index (χ3v) is 5.54. The molecule has 0 fully saturated rings. The van der Waals surface area contributed by atoms with Gasteiger partial charge in [0.25, 0.3) is 0 Å². The molecule has 0 saturated heterocycles. The first-order valence-electron chi connectivity index (χ1n) is 6.65. The van der Waals surface area contributed by atoms with Crippen LogP contribution >= 0.6 is 23.2 Å². The van der Waals surface area contributed by atoms with E-state index in [-0.39, 0.29) is 10.3 Å². The molecule has 0 amide bonds. The lowest BCUT2D eigenvalue weighted by Crippen LogP contribution is -2.50. The lowest BCUT2D eigenvalue weighted by atomic mass is 9.96. The maximum atomic E-state index is 12.2. The Bertz CT molecular complexity index is 458.